The maximum Gasteiger partial charge on any atom is 0.0949 e. The Morgan fingerprint density at radius 1 is 1.27 bits per heavy atom. The van der Waals surface area contributed by atoms with Gasteiger partial charge in [0.25, 0.3) is 0 Å². The van der Waals surface area contributed by atoms with Crippen LogP contribution in [0.1, 0.15) is 25.2 Å². The Bertz CT molecular complexity index is 494. The molecule has 124 valence electrons. The lowest BCUT2D eigenvalue weighted by atomic mass is 10.1. The summed E-state index contributed by atoms with van der Waals surface area (Å²) in [5.41, 5.74) is 2.50. The van der Waals surface area contributed by atoms with Crippen LogP contribution in [0, 0.1) is 0 Å². The van der Waals surface area contributed by atoms with Crippen LogP contribution in [0.5, 0.6) is 0 Å². The van der Waals surface area contributed by atoms with Crippen LogP contribution < -0.4 is 0 Å². The first kappa shape index (κ1) is 15.9. The molecule has 0 unspecified atom stereocenters. The standard InChI is InChI=1S/C16H28N4O2/c1-12-6-20(7-13(2)22-12)9-14(21)8-19-5-4-16-15(10-19)17-11-18(16)3/h11-14,21H,4-10H2,1-3H3/t12-,13+,14-/m1/s1. The number of imidazole rings is 1. The van der Waals surface area contributed by atoms with Crippen molar-refractivity contribution in [3.63, 3.8) is 0 Å². The van der Waals surface area contributed by atoms with E-state index >= 15 is 0 Å². The molecule has 0 aromatic carbocycles. The lowest BCUT2D eigenvalue weighted by molar-refractivity contribution is -0.0782. The maximum atomic E-state index is 10.4. The van der Waals surface area contributed by atoms with Crippen LogP contribution >= 0.6 is 0 Å². The SMILES string of the molecule is C[C@@H]1CN(C[C@H](O)CN2CCc3c(ncn3C)C2)C[C@H](C)O1. The van der Waals surface area contributed by atoms with Gasteiger partial charge in [-0.1, -0.05) is 0 Å². The van der Waals surface area contributed by atoms with Gasteiger partial charge in [-0.25, -0.2) is 4.98 Å². The summed E-state index contributed by atoms with van der Waals surface area (Å²) >= 11 is 0. The van der Waals surface area contributed by atoms with Gasteiger partial charge in [0.2, 0.25) is 0 Å². The van der Waals surface area contributed by atoms with Gasteiger partial charge in [0, 0.05) is 58.4 Å². The molecule has 3 rings (SSSR count). The summed E-state index contributed by atoms with van der Waals surface area (Å²) in [6.45, 7) is 9.31. The second-order valence-corrected chi connectivity index (χ2v) is 6.86. The number of aryl methyl sites for hydroxylation is 1. The van der Waals surface area contributed by atoms with E-state index in [1.165, 1.54) is 5.69 Å². The van der Waals surface area contributed by atoms with Crippen molar-refractivity contribution in [2.75, 3.05) is 32.7 Å². The zero-order valence-corrected chi connectivity index (χ0v) is 13.9. The van der Waals surface area contributed by atoms with Crippen LogP contribution in [0.3, 0.4) is 0 Å². The number of aliphatic hydroxyl groups excluding tert-OH is 1. The number of aliphatic hydroxyl groups is 1. The molecule has 3 atom stereocenters. The zero-order valence-electron chi connectivity index (χ0n) is 13.9. The summed E-state index contributed by atoms with van der Waals surface area (Å²) in [4.78, 5) is 9.09. The third-order valence-corrected chi connectivity index (χ3v) is 4.62. The number of ether oxygens (including phenoxy) is 1. The van der Waals surface area contributed by atoms with E-state index in [2.05, 4.69) is 40.2 Å². The largest absolute Gasteiger partial charge is 0.390 e. The highest BCUT2D eigenvalue weighted by Gasteiger charge is 2.26. The number of nitrogens with zero attached hydrogens (tertiary/aromatic N) is 4. The molecule has 2 aliphatic heterocycles. The molecule has 0 radical (unpaired) electrons. The van der Waals surface area contributed by atoms with Gasteiger partial charge >= 0.3 is 0 Å². The Hall–Kier alpha value is -0.950. The number of aromatic nitrogens is 2. The summed E-state index contributed by atoms with van der Waals surface area (Å²) < 4.78 is 7.86. The maximum absolute atomic E-state index is 10.4. The number of morpholine rings is 1. The van der Waals surface area contributed by atoms with Gasteiger partial charge in [-0.2, -0.15) is 0 Å². The second-order valence-electron chi connectivity index (χ2n) is 6.86. The monoisotopic (exact) mass is 308 g/mol. The minimum Gasteiger partial charge on any atom is -0.390 e. The van der Waals surface area contributed by atoms with Crippen molar-refractivity contribution >= 4 is 0 Å². The van der Waals surface area contributed by atoms with E-state index in [1.807, 2.05) is 6.33 Å². The highest BCUT2D eigenvalue weighted by molar-refractivity contribution is 5.16. The average molecular weight is 308 g/mol. The van der Waals surface area contributed by atoms with E-state index in [9.17, 15) is 5.11 Å². The molecule has 1 aromatic rings. The molecule has 3 heterocycles. The molecule has 1 N–H and O–H groups in total. The fourth-order valence-corrected chi connectivity index (χ4v) is 3.75. The molecule has 1 saturated heterocycles. The number of β-amino-alcohol motifs (C(OH)–C–C–N with tert-alkyl or cyclic N) is 1. The van der Waals surface area contributed by atoms with Crippen molar-refractivity contribution in [2.24, 2.45) is 7.05 Å². The molecule has 0 spiro atoms. The van der Waals surface area contributed by atoms with E-state index in [0.29, 0.717) is 0 Å². The van der Waals surface area contributed by atoms with Gasteiger partial charge in [0.05, 0.1) is 30.3 Å². The van der Waals surface area contributed by atoms with E-state index in [1.54, 1.807) is 0 Å². The Morgan fingerprint density at radius 3 is 2.68 bits per heavy atom. The molecule has 1 aromatic heterocycles. The zero-order chi connectivity index (χ0) is 15.7. The Balaban J connectivity index is 1.49. The highest BCUT2D eigenvalue weighted by atomic mass is 16.5. The molecule has 1 fully saturated rings. The first-order chi connectivity index (χ1) is 10.5. The number of fused-ring (bicyclic) bond motifs is 1. The molecular formula is C16H28N4O2. The van der Waals surface area contributed by atoms with Crippen LogP contribution in [-0.4, -0.2) is 75.5 Å². The topological polar surface area (TPSA) is 53.8 Å². The molecule has 0 amide bonds. The van der Waals surface area contributed by atoms with Crippen molar-refractivity contribution in [1.82, 2.24) is 19.4 Å². The van der Waals surface area contributed by atoms with Gasteiger partial charge in [-0.3, -0.25) is 9.80 Å². The van der Waals surface area contributed by atoms with Crippen molar-refractivity contribution in [1.29, 1.82) is 0 Å². The van der Waals surface area contributed by atoms with E-state index in [4.69, 9.17) is 4.74 Å². The molecule has 6 nitrogen and oxygen atoms in total. The Kier molecular flexibility index (Phi) is 4.82. The highest BCUT2D eigenvalue weighted by Crippen LogP contribution is 2.17. The smallest absolute Gasteiger partial charge is 0.0949 e. The van der Waals surface area contributed by atoms with Crippen LogP contribution in [0.2, 0.25) is 0 Å². The summed E-state index contributed by atoms with van der Waals surface area (Å²) in [5, 5.41) is 10.4. The van der Waals surface area contributed by atoms with Crippen LogP contribution in [-0.2, 0) is 24.8 Å². The minimum absolute atomic E-state index is 0.252. The fraction of sp³-hybridized carbons (Fsp3) is 0.812. The van der Waals surface area contributed by atoms with Crippen molar-refractivity contribution in [2.45, 2.75) is 45.1 Å². The summed E-state index contributed by atoms with van der Waals surface area (Å²) in [7, 11) is 2.05. The normalized spacial score (nSPS) is 28.5. The quantitative estimate of drug-likeness (QED) is 0.864. The van der Waals surface area contributed by atoms with Crippen molar-refractivity contribution < 1.29 is 9.84 Å². The van der Waals surface area contributed by atoms with Crippen LogP contribution in [0.15, 0.2) is 6.33 Å². The summed E-state index contributed by atoms with van der Waals surface area (Å²) in [5.74, 6) is 0. The van der Waals surface area contributed by atoms with Gasteiger partial charge in [-0.15, -0.1) is 0 Å². The number of rotatable bonds is 4. The molecular weight excluding hydrogens is 280 g/mol. The first-order valence-electron chi connectivity index (χ1n) is 8.28. The van der Waals surface area contributed by atoms with E-state index in [0.717, 1.165) is 51.4 Å². The third-order valence-electron chi connectivity index (χ3n) is 4.62. The van der Waals surface area contributed by atoms with Crippen molar-refractivity contribution in [3.8, 4) is 0 Å². The Morgan fingerprint density at radius 2 is 1.95 bits per heavy atom. The predicted octanol–water partition coefficient (Wildman–Crippen LogP) is 0.248. The summed E-state index contributed by atoms with van der Waals surface area (Å²) in [6, 6.07) is 0. The molecule has 0 bridgehead atoms. The third kappa shape index (κ3) is 3.68. The van der Waals surface area contributed by atoms with Crippen LogP contribution in [0.4, 0.5) is 0 Å². The van der Waals surface area contributed by atoms with Gasteiger partial charge in [0.1, 0.15) is 0 Å². The van der Waals surface area contributed by atoms with Gasteiger partial charge < -0.3 is 14.4 Å². The Labute approximate surface area is 132 Å². The van der Waals surface area contributed by atoms with Crippen LogP contribution in [0.25, 0.3) is 0 Å². The summed E-state index contributed by atoms with van der Waals surface area (Å²) in [6.07, 6.45) is 3.09. The number of hydrogen-bond acceptors (Lipinski definition) is 5. The predicted molar refractivity (Wildman–Crippen MR) is 84.6 cm³/mol. The minimum atomic E-state index is -0.317. The molecule has 6 heteroatoms. The van der Waals surface area contributed by atoms with E-state index in [-0.39, 0.29) is 18.3 Å². The van der Waals surface area contributed by atoms with E-state index < -0.39 is 0 Å². The van der Waals surface area contributed by atoms with Crippen molar-refractivity contribution in [3.05, 3.63) is 17.7 Å². The average Bonchev–Trinajstić information content (AvgIpc) is 2.78. The lowest BCUT2D eigenvalue weighted by Crippen LogP contribution is -2.50. The molecule has 22 heavy (non-hydrogen) atoms. The lowest BCUT2D eigenvalue weighted by Gasteiger charge is -2.37. The molecule has 0 aliphatic carbocycles. The fourth-order valence-electron chi connectivity index (χ4n) is 3.75. The van der Waals surface area contributed by atoms with Gasteiger partial charge in [0.15, 0.2) is 0 Å². The first-order valence-corrected chi connectivity index (χ1v) is 8.28. The number of hydrogen-bond donors (Lipinski definition) is 1. The molecule has 2 aliphatic rings. The van der Waals surface area contributed by atoms with Gasteiger partial charge in [-0.05, 0) is 13.8 Å². The second kappa shape index (κ2) is 6.66. The molecule has 0 saturated carbocycles.